The second-order valence-electron chi connectivity index (χ2n) is 15.8. The Balaban J connectivity index is 0.000000191. The fourth-order valence-electron chi connectivity index (χ4n) is 8.04. The zero-order chi connectivity index (χ0) is 46.1. The van der Waals surface area contributed by atoms with Gasteiger partial charge >= 0.3 is 11.8 Å². The van der Waals surface area contributed by atoms with Crippen molar-refractivity contribution in [2.45, 2.75) is 88.4 Å². The van der Waals surface area contributed by atoms with Gasteiger partial charge in [0.15, 0.2) is 0 Å². The normalized spacial score (nSPS) is 18.5. The van der Waals surface area contributed by atoms with E-state index in [0.29, 0.717) is 43.4 Å². The zero-order valence-electron chi connectivity index (χ0n) is 33.7. The molecule has 332 valence electrons. The summed E-state index contributed by atoms with van der Waals surface area (Å²) in [6.45, 7) is 0.367. The summed E-state index contributed by atoms with van der Waals surface area (Å²) < 4.78 is 57.9. The Hall–Kier alpha value is -6.26. The average molecular weight is 922 g/mol. The van der Waals surface area contributed by atoms with Gasteiger partial charge in [-0.3, -0.25) is 49.0 Å². The van der Waals surface area contributed by atoms with Crippen molar-refractivity contribution in [1.29, 1.82) is 0 Å². The van der Waals surface area contributed by atoms with Crippen molar-refractivity contribution in [2.24, 2.45) is 0 Å². The summed E-state index contributed by atoms with van der Waals surface area (Å²) in [6.07, 6.45) is 0.247. The second kappa shape index (κ2) is 18.5. The largest absolute Gasteiger partial charge is 0.330 e. The number of ketones is 2. The van der Waals surface area contributed by atoms with Crippen LogP contribution in [0.3, 0.4) is 0 Å². The number of benzene rings is 4. The van der Waals surface area contributed by atoms with Crippen LogP contribution in [0.25, 0.3) is 0 Å². The molecule has 4 aliphatic rings. The third-order valence-corrected chi connectivity index (χ3v) is 12.1. The number of nitrogens with one attached hydrogen (secondary N) is 2. The minimum Gasteiger partial charge on any atom is -0.322 e. The lowest BCUT2D eigenvalue weighted by Crippen LogP contribution is -2.52. The first kappa shape index (κ1) is 45.8. The third kappa shape index (κ3) is 9.62. The first-order valence-corrected chi connectivity index (χ1v) is 21.0. The molecule has 0 saturated carbocycles. The SMILES string of the molecule is O=C1CCC(N2Cc3cc(CCC(=O)C(F)(F)c4ccc(Cl)cc4)ccc3C2=O)C(=O)N1.O=C1CCC(N2Cc3cc(CCC(=O)C(F)(F)c4ccc(Cl)cc4)ccc3C2=O)C(=O)N1. The van der Waals surface area contributed by atoms with Crippen LogP contribution in [0.1, 0.15) is 92.6 Å². The Morgan fingerprint density at radius 2 is 0.922 bits per heavy atom. The third-order valence-electron chi connectivity index (χ3n) is 11.6. The van der Waals surface area contributed by atoms with Crippen molar-refractivity contribution in [3.63, 3.8) is 0 Å². The lowest BCUT2D eigenvalue weighted by Gasteiger charge is -2.29. The van der Waals surface area contributed by atoms with Crippen molar-refractivity contribution >= 4 is 70.2 Å². The fraction of sp³-hybridized carbons (Fsp3) is 0.304. The highest BCUT2D eigenvalue weighted by Gasteiger charge is 2.43. The maximum absolute atomic E-state index is 14.5. The topological polar surface area (TPSA) is 167 Å². The highest BCUT2D eigenvalue weighted by molar-refractivity contribution is 6.30. The van der Waals surface area contributed by atoms with Crippen molar-refractivity contribution in [3.8, 4) is 0 Å². The zero-order valence-corrected chi connectivity index (χ0v) is 35.2. The first-order chi connectivity index (χ1) is 30.3. The van der Waals surface area contributed by atoms with Gasteiger partial charge < -0.3 is 9.80 Å². The standard InChI is InChI=1S/2C23H19ClF2N2O4/c2*24-16-5-3-15(4-6-16)23(25,26)19(29)9-2-13-1-7-17-14(11-13)12-28(22(17)32)18-8-10-20(30)27-21(18)31/h2*1,3-7,11,18H,2,8-10,12H2,(H,27,30,31). The van der Waals surface area contributed by atoms with Gasteiger partial charge in [0.05, 0.1) is 0 Å². The van der Waals surface area contributed by atoms with Crippen LogP contribution in [0.5, 0.6) is 0 Å². The lowest BCUT2D eigenvalue weighted by atomic mass is 9.97. The van der Waals surface area contributed by atoms with E-state index >= 15 is 0 Å². The number of hydrogen-bond acceptors (Lipinski definition) is 8. The van der Waals surface area contributed by atoms with E-state index < -0.39 is 58.4 Å². The van der Waals surface area contributed by atoms with Gasteiger partial charge in [-0.1, -0.05) is 71.7 Å². The van der Waals surface area contributed by atoms with E-state index in [0.717, 1.165) is 24.3 Å². The van der Waals surface area contributed by atoms with Crippen molar-refractivity contribution in [3.05, 3.63) is 139 Å². The molecule has 2 N–H and O–H groups in total. The number of imide groups is 2. The molecule has 2 fully saturated rings. The number of rotatable bonds is 12. The molecule has 0 aliphatic carbocycles. The molecule has 64 heavy (non-hydrogen) atoms. The maximum atomic E-state index is 14.5. The van der Waals surface area contributed by atoms with Crippen LogP contribution < -0.4 is 10.6 Å². The predicted octanol–water partition coefficient (Wildman–Crippen LogP) is 6.79. The van der Waals surface area contributed by atoms with E-state index in [2.05, 4.69) is 10.6 Å². The van der Waals surface area contributed by atoms with Crippen LogP contribution in [0.15, 0.2) is 84.9 Å². The van der Waals surface area contributed by atoms with Crippen molar-refractivity contribution in [2.75, 3.05) is 0 Å². The molecule has 0 bridgehead atoms. The molecule has 4 heterocycles. The molecule has 8 rings (SSSR count). The summed E-state index contributed by atoms with van der Waals surface area (Å²) in [7, 11) is 0. The van der Waals surface area contributed by atoms with Gasteiger partial charge in [-0.15, -0.1) is 0 Å². The second-order valence-corrected chi connectivity index (χ2v) is 16.7. The number of piperidine rings is 2. The van der Waals surface area contributed by atoms with Crippen LogP contribution in [-0.2, 0) is 66.5 Å². The fourth-order valence-corrected chi connectivity index (χ4v) is 8.29. The molecule has 0 spiro atoms. The molecule has 0 aromatic heterocycles. The van der Waals surface area contributed by atoms with Gasteiger partial charge in [0.2, 0.25) is 35.2 Å². The first-order valence-electron chi connectivity index (χ1n) is 20.2. The van der Waals surface area contributed by atoms with Gasteiger partial charge in [-0.25, -0.2) is 0 Å². The highest BCUT2D eigenvalue weighted by Crippen LogP contribution is 2.35. The minimum absolute atomic E-state index is 0.0852. The Kier molecular flexibility index (Phi) is 13.2. The number of hydrogen-bond donors (Lipinski definition) is 2. The molecule has 2 unspecified atom stereocenters. The molecule has 2 saturated heterocycles. The number of fused-ring (bicyclic) bond motifs is 2. The highest BCUT2D eigenvalue weighted by atomic mass is 35.5. The van der Waals surface area contributed by atoms with E-state index in [1.54, 1.807) is 36.4 Å². The molecular formula is C46H38Cl2F4N4O8. The average Bonchev–Trinajstić information content (AvgIpc) is 3.76. The van der Waals surface area contributed by atoms with E-state index in [1.807, 2.05) is 0 Å². The number of carbonyl (C=O) groups is 8. The summed E-state index contributed by atoms with van der Waals surface area (Å²) in [5, 5.41) is 5.09. The maximum Gasteiger partial charge on any atom is 0.330 e. The molecule has 4 aliphatic heterocycles. The van der Waals surface area contributed by atoms with Crippen LogP contribution in [0.2, 0.25) is 10.0 Å². The van der Waals surface area contributed by atoms with Crippen LogP contribution in [0, 0.1) is 0 Å². The van der Waals surface area contributed by atoms with E-state index in [-0.39, 0.29) is 88.1 Å². The molecule has 4 aromatic carbocycles. The quantitative estimate of drug-likeness (QED) is 0.116. The Morgan fingerprint density at radius 1 is 0.562 bits per heavy atom. The van der Waals surface area contributed by atoms with Gasteiger partial charge in [0, 0.05) is 71.1 Å². The van der Waals surface area contributed by atoms with E-state index in [9.17, 15) is 55.9 Å². The number of Topliss-reactive ketones (excluding diaryl/α,β-unsaturated/α-hetero) is 2. The number of amides is 6. The van der Waals surface area contributed by atoms with Crippen LogP contribution >= 0.6 is 23.2 Å². The summed E-state index contributed by atoms with van der Waals surface area (Å²) in [5.74, 6) is -12.0. The Bertz CT molecular complexity index is 2410. The van der Waals surface area contributed by atoms with E-state index in [4.69, 9.17) is 23.2 Å². The smallest absolute Gasteiger partial charge is 0.322 e. The Morgan fingerprint density at radius 3 is 1.27 bits per heavy atom. The minimum atomic E-state index is -3.63. The molecule has 6 amide bonds. The van der Waals surface area contributed by atoms with Gasteiger partial charge in [0.1, 0.15) is 12.1 Å². The van der Waals surface area contributed by atoms with Crippen LogP contribution in [-0.4, -0.2) is 68.9 Å². The molecular weight excluding hydrogens is 883 g/mol. The van der Waals surface area contributed by atoms with Crippen molar-refractivity contribution < 1.29 is 55.9 Å². The number of alkyl halides is 4. The number of carbonyl (C=O) groups excluding carboxylic acids is 8. The van der Waals surface area contributed by atoms with Crippen LogP contribution in [0.4, 0.5) is 17.6 Å². The van der Waals surface area contributed by atoms with Crippen molar-refractivity contribution in [1.82, 2.24) is 20.4 Å². The molecule has 2 atom stereocenters. The number of nitrogens with zero attached hydrogens (tertiary/aromatic N) is 2. The summed E-state index contributed by atoms with van der Waals surface area (Å²) in [5.41, 5.74) is 2.64. The number of halogens is 6. The van der Waals surface area contributed by atoms with E-state index in [1.165, 1.54) is 34.1 Å². The summed E-state index contributed by atoms with van der Waals surface area (Å²) in [6, 6.07) is 18.1. The summed E-state index contributed by atoms with van der Waals surface area (Å²) in [4.78, 5) is 99.6. The van der Waals surface area contributed by atoms with Gasteiger partial charge in [-0.05, 0) is 84.3 Å². The molecule has 0 radical (unpaired) electrons. The summed E-state index contributed by atoms with van der Waals surface area (Å²) >= 11 is 11.4. The monoisotopic (exact) mass is 920 g/mol. The number of aryl methyl sites for hydroxylation is 2. The molecule has 12 nitrogen and oxygen atoms in total. The van der Waals surface area contributed by atoms with Gasteiger partial charge in [-0.2, -0.15) is 17.6 Å². The molecule has 4 aromatic rings. The lowest BCUT2D eigenvalue weighted by molar-refractivity contribution is -0.144. The Labute approximate surface area is 373 Å². The molecule has 18 heteroatoms. The predicted molar refractivity (Wildman–Crippen MR) is 222 cm³/mol. The van der Waals surface area contributed by atoms with Gasteiger partial charge in [0.25, 0.3) is 11.8 Å².